The molecule has 13 heavy (non-hydrogen) atoms. The first kappa shape index (κ1) is 11.9. The van der Waals surface area contributed by atoms with Gasteiger partial charge in [0.25, 0.3) is 0 Å². The number of amides is 1. The van der Waals surface area contributed by atoms with Crippen molar-refractivity contribution in [2.75, 3.05) is 13.6 Å². The molecule has 0 spiro atoms. The molecule has 74 valence electrons. The number of nitriles is 1. The third kappa shape index (κ3) is 5.21. The molecule has 4 heteroatoms. The number of hydrogen-bond acceptors (Lipinski definition) is 3. The van der Waals surface area contributed by atoms with Crippen LogP contribution in [0.5, 0.6) is 0 Å². The number of carbonyl (C=O) groups is 1. The monoisotopic (exact) mass is 183 g/mol. The lowest BCUT2D eigenvalue weighted by atomic mass is 10.3. The Balaban J connectivity index is 3.86. The average Bonchev–Trinajstić information content (AvgIpc) is 2.01. The Morgan fingerprint density at radius 3 is 2.46 bits per heavy atom. The van der Waals surface area contributed by atoms with Gasteiger partial charge in [0.2, 0.25) is 5.91 Å². The van der Waals surface area contributed by atoms with Crippen LogP contribution in [0.25, 0.3) is 0 Å². The summed E-state index contributed by atoms with van der Waals surface area (Å²) in [5.74, 6) is -0.0420. The molecule has 0 radical (unpaired) electrons. The molecule has 0 rings (SSSR count). The van der Waals surface area contributed by atoms with E-state index in [4.69, 9.17) is 5.26 Å². The van der Waals surface area contributed by atoms with Crippen LogP contribution >= 0.6 is 0 Å². The minimum Gasteiger partial charge on any atom is -0.353 e. The lowest BCUT2D eigenvalue weighted by molar-refractivity contribution is -0.122. The normalized spacial score (nSPS) is 12.7. The summed E-state index contributed by atoms with van der Waals surface area (Å²) in [7, 11) is 1.76. The fraction of sp³-hybridized carbons (Fsp3) is 0.778. The van der Waals surface area contributed by atoms with E-state index in [9.17, 15) is 4.79 Å². The van der Waals surface area contributed by atoms with Gasteiger partial charge < -0.3 is 5.32 Å². The van der Waals surface area contributed by atoms with Crippen LogP contribution in [-0.2, 0) is 4.79 Å². The lowest BCUT2D eigenvalue weighted by Crippen LogP contribution is -2.41. The predicted molar refractivity (Wildman–Crippen MR) is 51.0 cm³/mol. The Bertz CT molecular complexity index is 207. The number of hydrogen-bond donors (Lipinski definition) is 1. The van der Waals surface area contributed by atoms with E-state index in [-0.39, 0.29) is 24.5 Å². The third-order valence-electron chi connectivity index (χ3n) is 1.69. The molecule has 4 nitrogen and oxygen atoms in total. The Morgan fingerprint density at radius 1 is 1.54 bits per heavy atom. The first-order chi connectivity index (χ1) is 5.97. The second-order valence-corrected chi connectivity index (χ2v) is 3.44. The van der Waals surface area contributed by atoms with E-state index in [1.54, 1.807) is 18.9 Å². The zero-order valence-electron chi connectivity index (χ0n) is 8.66. The van der Waals surface area contributed by atoms with Gasteiger partial charge in [-0.3, -0.25) is 9.69 Å². The molecule has 0 aromatic carbocycles. The molecular formula is C9H17N3O. The van der Waals surface area contributed by atoms with Gasteiger partial charge in [-0.2, -0.15) is 5.26 Å². The van der Waals surface area contributed by atoms with E-state index < -0.39 is 0 Å². The van der Waals surface area contributed by atoms with Crippen LogP contribution in [0.1, 0.15) is 20.8 Å². The summed E-state index contributed by atoms with van der Waals surface area (Å²) in [6, 6.07) is 2.00. The van der Waals surface area contributed by atoms with E-state index in [1.807, 2.05) is 13.8 Å². The number of likely N-dealkylation sites (N-methyl/N-ethyl adjacent to an activating group) is 1. The summed E-state index contributed by atoms with van der Waals surface area (Å²) >= 11 is 0. The van der Waals surface area contributed by atoms with Gasteiger partial charge in [0, 0.05) is 6.04 Å². The van der Waals surface area contributed by atoms with Crippen LogP contribution in [0.15, 0.2) is 0 Å². The molecule has 1 atom stereocenters. The molecule has 0 aromatic rings. The highest BCUT2D eigenvalue weighted by Gasteiger charge is 2.12. The summed E-state index contributed by atoms with van der Waals surface area (Å²) in [6.45, 7) is 5.85. The molecule has 1 N–H and O–H groups in total. The summed E-state index contributed by atoms with van der Waals surface area (Å²) in [5, 5.41) is 11.3. The molecule has 1 amide bonds. The second-order valence-electron chi connectivity index (χ2n) is 3.44. The summed E-state index contributed by atoms with van der Waals surface area (Å²) in [6.07, 6.45) is 0. The van der Waals surface area contributed by atoms with E-state index in [0.717, 1.165) is 0 Å². The largest absolute Gasteiger partial charge is 0.353 e. The maximum atomic E-state index is 11.2. The molecule has 0 fully saturated rings. The van der Waals surface area contributed by atoms with Crippen molar-refractivity contribution >= 4 is 5.91 Å². The Hall–Kier alpha value is -1.08. The molecule has 0 bridgehead atoms. The van der Waals surface area contributed by atoms with Gasteiger partial charge >= 0.3 is 0 Å². The van der Waals surface area contributed by atoms with Gasteiger partial charge in [-0.05, 0) is 27.8 Å². The summed E-state index contributed by atoms with van der Waals surface area (Å²) < 4.78 is 0. The molecule has 0 aromatic heterocycles. The first-order valence-corrected chi connectivity index (χ1v) is 4.36. The van der Waals surface area contributed by atoms with Crippen molar-refractivity contribution in [3.05, 3.63) is 0 Å². The molecule has 0 heterocycles. The maximum absolute atomic E-state index is 11.2. The molecular weight excluding hydrogens is 166 g/mol. The van der Waals surface area contributed by atoms with Crippen LogP contribution < -0.4 is 5.32 Å². The van der Waals surface area contributed by atoms with Crippen LogP contribution in [0.3, 0.4) is 0 Å². The fourth-order valence-corrected chi connectivity index (χ4v) is 0.830. The first-order valence-electron chi connectivity index (χ1n) is 4.36. The van der Waals surface area contributed by atoms with Crippen molar-refractivity contribution < 1.29 is 4.79 Å². The third-order valence-corrected chi connectivity index (χ3v) is 1.69. The van der Waals surface area contributed by atoms with Gasteiger partial charge in [-0.1, -0.05) is 0 Å². The summed E-state index contributed by atoms with van der Waals surface area (Å²) in [4.78, 5) is 12.9. The van der Waals surface area contributed by atoms with Crippen molar-refractivity contribution in [3.63, 3.8) is 0 Å². The molecule has 0 aliphatic carbocycles. The number of rotatable bonds is 4. The zero-order chi connectivity index (χ0) is 10.4. The van der Waals surface area contributed by atoms with Crippen molar-refractivity contribution in [2.45, 2.75) is 32.9 Å². The minimum absolute atomic E-state index is 0.0420. The Kier molecular flexibility index (Phi) is 5.09. The number of nitrogens with one attached hydrogen (secondary N) is 1. The highest BCUT2D eigenvalue weighted by molar-refractivity contribution is 5.78. The Morgan fingerprint density at radius 2 is 2.08 bits per heavy atom. The smallest absolute Gasteiger partial charge is 0.234 e. The number of nitrogens with zero attached hydrogens (tertiary/aromatic N) is 2. The van der Waals surface area contributed by atoms with E-state index in [1.165, 1.54) is 0 Å². The minimum atomic E-state index is -0.224. The Labute approximate surface area is 79.5 Å². The van der Waals surface area contributed by atoms with E-state index in [0.29, 0.717) is 0 Å². The lowest BCUT2D eigenvalue weighted by Gasteiger charge is -2.18. The van der Waals surface area contributed by atoms with Crippen LogP contribution in [-0.4, -0.2) is 36.5 Å². The molecule has 0 aliphatic rings. The predicted octanol–water partition coefficient (Wildman–Crippen LogP) is 0.355. The molecule has 0 aliphatic heterocycles. The van der Waals surface area contributed by atoms with Gasteiger partial charge in [-0.25, -0.2) is 0 Å². The molecule has 1 unspecified atom stereocenters. The van der Waals surface area contributed by atoms with Crippen LogP contribution in [0, 0.1) is 11.3 Å². The van der Waals surface area contributed by atoms with Crippen LogP contribution in [0.2, 0.25) is 0 Å². The topological polar surface area (TPSA) is 56.1 Å². The van der Waals surface area contributed by atoms with Gasteiger partial charge in [-0.15, -0.1) is 0 Å². The van der Waals surface area contributed by atoms with Crippen molar-refractivity contribution in [1.29, 1.82) is 5.26 Å². The highest BCUT2D eigenvalue weighted by atomic mass is 16.2. The van der Waals surface area contributed by atoms with Gasteiger partial charge in [0.05, 0.1) is 18.7 Å². The SMILES string of the molecule is CC(C)NC(=O)CN(C)C(C)C#N. The van der Waals surface area contributed by atoms with E-state index >= 15 is 0 Å². The second kappa shape index (κ2) is 5.55. The zero-order valence-corrected chi connectivity index (χ0v) is 8.66. The molecule has 0 saturated carbocycles. The van der Waals surface area contributed by atoms with E-state index in [2.05, 4.69) is 11.4 Å². The summed E-state index contributed by atoms with van der Waals surface area (Å²) in [5.41, 5.74) is 0. The average molecular weight is 183 g/mol. The van der Waals surface area contributed by atoms with Crippen molar-refractivity contribution in [2.24, 2.45) is 0 Å². The molecule has 0 saturated heterocycles. The van der Waals surface area contributed by atoms with Gasteiger partial charge in [0.15, 0.2) is 0 Å². The van der Waals surface area contributed by atoms with Gasteiger partial charge in [0.1, 0.15) is 0 Å². The highest BCUT2D eigenvalue weighted by Crippen LogP contribution is 1.92. The van der Waals surface area contributed by atoms with Crippen molar-refractivity contribution in [1.82, 2.24) is 10.2 Å². The van der Waals surface area contributed by atoms with Crippen molar-refractivity contribution in [3.8, 4) is 6.07 Å². The fourth-order valence-electron chi connectivity index (χ4n) is 0.830. The van der Waals surface area contributed by atoms with Crippen LogP contribution in [0.4, 0.5) is 0 Å². The quantitative estimate of drug-likeness (QED) is 0.684. The maximum Gasteiger partial charge on any atom is 0.234 e. The number of carbonyl (C=O) groups excluding carboxylic acids is 1. The standard InChI is InChI=1S/C9H17N3O/c1-7(2)11-9(13)6-12(4)8(3)5-10/h7-8H,6H2,1-4H3,(H,11,13).